The molecule has 0 saturated heterocycles. The van der Waals surface area contributed by atoms with Gasteiger partial charge in [-0.1, -0.05) is 30.3 Å². The predicted molar refractivity (Wildman–Crippen MR) is 109 cm³/mol. The molecule has 0 unspecified atom stereocenters. The van der Waals surface area contributed by atoms with Gasteiger partial charge in [0.15, 0.2) is 0 Å². The minimum Gasteiger partial charge on any atom is -0.345 e. The van der Waals surface area contributed by atoms with Crippen molar-refractivity contribution in [2.45, 2.75) is 13.5 Å². The molecule has 144 valence electrons. The van der Waals surface area contributed by atoms with E-state index < -0.39 is 0 Å². The highest BCUT2D eigenvalue weighted by Crippen LogP contribution is 2.24. The first kappa shape index (κ1) is 18.6. The summed E-state index contributed by atoms with van der Waals surface area (Å²) in [6.07, 6.45) is 1.68. The van der Waals surface area contributed by atoms with Crippen molar-refractivity contribution in [3.8, 4) is 16.9 Å². The Hall–Kier alpha value is -3.80. The van der Waals surface area contributed by atoms with E-state index in [0.29, 0.717) is 17.0 Å². The quantitative estimate of drug-likeness (QED) is 0.556. The summed E-state index contributed by atoms with van der Waals surface area (Å²) in [6.45, 7) is 2.25. The topological polar surface area (TPSA) is 59.8 Å². The molecule has 2 heterocycles. The van der Waals surface area contributed by atoms with Crippen LogP contribution in [0.4, 0.5) is 4.39 Å². The van der Waals surface area contributed by atoms with Crippen LogP contribution >= 0.6 is 0 Å². The van der Waals surface area contributed by atoms with Crippen LogP contribution in [0.2, 0.25) is 0 Å². The Balaban J connectivity index is 1.72. The summed E-state index contributed by atoms with van der Waals surface area (Å²) in [7, 11) is 0. The Bertz CT molecular complexity index is 1150. The van der Waals surface area contributed by atoms with Gasteiger partial charge in [0.25, 0.3) is 5.91 Å². The molecule has 4 rings (SSSR count). The van der Waals surface area contributed by atoms with Crippen molar-refractivity contribution in [1.82, 2.24) is 20.1 Å². The molecule has 4 aromatic rings. The summed E-state index contributed by atoms with van der Waals surface area (Å²) < 4.78 is 15.8. The molecule has 0 aliphatic rings. The lowest BCUT2D eigenvalue weighted by atomic mass is 10.1. The number of aryl methyl sites for hydroxylation is 1. The second-order valence-corrected chi connectivity index (χ2v) is 6.65. The van der Waals surface area contributed by atoms with Gasteiger partial charge >= 0.3 is 0 Å². The summed E-state index contributed by atoms with van der Waals surface area (Å²) in [5.41, 5.74) is 3.58. The van der Waals surface area contributed by atoms with Crippen LogP contribution in [0.25, 0.3) is 16.9 Å². The van der Waals surface area contributed by atoms with Gasteiger partial charge in [0.05, 0.1) is 23.6 Å². The van der Waals surface area contributed by atoms with Crippen molar-refractivity contribution in [2.24, 2.45) is 0 Å². The largest absolute Gasteiger partial charge is 0.345 e. The number of carbonyl (C=O) groups excluding carboxylic acids is 1. The average molecular weight is 386 g/mol. The molecular formula is C23H19FN4O. The van der Waals surface area contributed by atoms with Crippen LogP contribution in [-0.2, 0) is 6.54 Å². The highest BCUT2D eigenvalue weighted by Gasteiger charge is 2.19. The molecule has 5 nitrogen and oxygen atoms in total. The summed E-state index contributed by atoms with van der Waals surface area (Å²) in [5.74, 6) is -0.700. The third kappa shape index (κ3) is 4.06. The molecule has 0 spiro atoms. The van der Waals surface area contributed by atoms with Crippen LogP contribution in [0.1, 0.15) is 21.7 Å². The van der Waals surface area contributed by atoms with Crippen molar-refractivity contribution in [3.05, 3.63) is 102 Å². The molecule has 0 saturated carbocycles. The lowest BCUT2D eigenvalue weighted by Crippen LogP contribution is -2.25. The Kier molecular flexibility index (Phi) is 5.16. The zero-order valence-electron chi connectivity index (χ0n) is 15.8. The molecule has 2 aromatic heterocycles. The number of hydrogen-bond acceptors (Lipinski definition) is 3. The molecule has 0 aliphatic heterocycles. The number of aromatic nitrogens is 3. The number of nitrogens with zero attached hydrogens (tertiary/aromatic N) is 3. The fourth-order valence-electron chi connectivity index (χ4n) is 3.06. The van der Waals surface area contributed by atoms with Crippen molar-refractivity contribution in [3.63, 3.8) is 0 Å². The number of carbonyl (C=O) groups is 1. The number of halogens is 1. The third-order valence-electron chi connectivity index (χ3n) is 4.49. The predicted octanol–water partition coefficient (Wildman–Crippen LogP) is 4.31. The summed E-state index contributed by atoms with van der Waals surface area (Å²) in [5, 5.41) is 7.39. The lowest BCUT2D eigenvalue weighted by molar-refractivity contribution is 0.0942. The van der Waals surface area contributed by atoms with Gasteiger partial charge in [0, 0.05) is 11.8 Å². The van der Waals surface area contributed by atoms with E-state index in [4.69, 9.17) is 0 Å². The van der Waals surface area contributed by atoms with Gasteiger partial charge in [-0.2, -0.15) is 5.10 Å². The first-order valence-corrected chi connectivity index (χ1v) is 9.22. The molecule has 6 heteroatoms. The maximum atomic E-state index is 14.3. The monoisotopic (exact) mass is 386 g/mol. The van der Waals surface area contributed by atoms with Gasteiger partial charge < -0.3 is 5.32 Å². The molecule has 0 atom stereocenters. The van der Waals surface area contributed by atoms with Crippen LogP contribution in [0.3, 0.4) is 0 Å². The smallest absolute Gasteiger partial charge is 0.270 e. The van der Waals surface area contributed by atoms with Gasteiger partial charge in [-0.15, -0.1) is 0 Å². The van der Waals surface area contributed by atoms with E-state index in [1.807, 2.05) is 49.4 Å². The molecule has 0 fully saturated rings. The summed E-state index contributed by atoms with van der Waals surface area (Å²) >= 11 is 0. The average Bonchev–Trinajstić information content (AvgIpc) is 3.18. The van der Waals surface area contributed by atoms with Gasteiger partial charge in [-0.3, -0.25) is 9.78 Å². The Morgan fingerprint density at radius 3 is 2.62 bits per heavy atom. The van der Waals surface area contributed by atoms with E-state index in [-0.39, 0.29) is 18.3 Å². The standard InChI is InChI=1S/C23H19FN4O/c1-16-7-6-9-18(13-16)28-22(23(29)26-15-17-8-4-5-12-25-17)14-21(27-28)19-10-2-3-11-20(19)24/h2-14H,15H2,1H3,(H,26,29). The number of benzene rings is 2. The first-order chi connectivity index (χ1) is 14.1. The second kappa shape index (κ2) is 8.06. The van der Waals surface area contributed by atoms with E-state index >= 15 is 0 Å². The van der Waals surface area contributed by atoms with E-state index in [0.717, 1.165) is 16.9 Å². The van der Waals surface area contributed by atoms with E-state index in [1.165, 1.54) is 6.07 Å². The number of pyridine rings is 1. The Morgan fingerprint density at radius 1 is 1.03 bits per heavy atom. The van der Waals surface area contributed by atoms with Crippen LogP contribution in [0.15, 0.2) is 79.0 Å². The highest BCUT2D eigenvalue weighted by atomic mass is 19.1. The van der Waals surface area contributed by atoms with Gasteiger partial charge in [0.2, 0.25) is 0 Å². The zero-order chi connectivity index (χ0) is 20.2. The van der Waals surface area contributed by atoms with Gasteiger partial charge in [-0.05, 0) is 55.0 Å². The van der Waals surface area contributed by atoms with E-state index in [1.54, 1.807) is 35.1 Å². The van der Waals surface area contributed by atoms with Crippen molar-refractivity contribution < 1.29 is 9.18 Å². The lowest BCUT2D eigenvalue weighted by Gasteiger charge is -2.09. The van der Waals surface area contributed by atoms with Gasteiger partial charge in [0.1, 0.15) is 11.5 Å². The fraction of sp³-hybridized carbons (Fsp3) is 0.0870. The van der Waals surface area contributed by atoms with Crippen LogP contribution in [0.5, 0.6) is 0 Å². The first-order valence-electron chi connectivity index (χ1n) is 9.22. The van der Waals surface area contributed by atoms with Crippen LogP contribution in [0, 0.1) is 12.7 Å². The minimum absolute atomic E-state index is 0.285. The Labute approximate surface area is 167 Å². The normalized spacial score (nSPS) is 10.7. The van der Waals surface area contributed by atoms with Crippen molar-refractivity contribution in [1.29, 1.82) is 0 Å². The van der Waals surface area contributed by atoms with Gasteiger partial charge in [-0.25, -0.2) is 9.07 Å². The summed E-state index contributed by atoms with van der Waals surface area (Å²) in [6, 6.07) is 21.2. The SMILES string of the molecule is Cc1cccc(-n2nc(-c3ccccc3F)cc2C(=O)NCc2ccccn2)c1. The third-order valence-corrected chi connectivity index (χ3v) is 4.49. The van der Waals surface area contributed by atoms with Crippen molar-refractivity contribution in [2.75, 3.05) is 0 Å². The zero-order valence-corrected chi connectivity index (χ0v) is 15.8. The number of rotatable bonds is 5. The van der Waals surface area contributed by atoms with Crippen LogP contribution in [-0.4, -0.2) is 20.7 Å². The summed E-state index contributed by atoms with van der Waals surface area (Å²) in [4.78, 5) is 17.1. The molecule has 0 aliphatic carbocycles. The molecular weight excluding hydrogens is 367 g/mol. The van der Waals surface area contributed by atoms with E-state index in [9.17, 15) is 9.18 Å². The number of hydrogen-bond donors (Lipinski definition) is 1. The second-order valence-electron chi connectivity index (χ2n) is 6.65. The van der Waals surface area contributed by atoms with Crippen molar-refractivity contribution >= 4 is 5.91 Å². The molecule has 2 aromatic carbocycles. The number of nitrogens with one attached hydrogen (secondary N) is 1. The minimum atomic E-state index is -0.387. The van der Waals surface area contributed by atoms with E-state index in [2.05, 4.69) is 15.4 Å². The molecule has 0 bridgehead atoms. The maximum Gasteiger partial charge on any atom is 0.270 e. The van der Waals surface area contributed by atoms with Crippen LogP contribution < -0.4 is 5.32 Å². The highest BCUT2D eigenvalue weighted by molar-refractivity contribution is 5.94. The molecule has 29 heavy (non-hydrogen) atoms. The molecule has 1 amide bonds. The molecule has 0 radical (unpaired) electrons. The maximum absolute atomic E-state index is 14.3. The fourth-order valence-corrected chi connectivity index (χ4v) is 3.06. The molecule has 1 N–H and O–H groups in total. The number of amides is 1. The Morgan fingerprint density at radius 2 is 1.86 bits per heavy atom.